The van der Waals surface area contributed by atoms with Crippen LogP contribution in [0.4, 0.5) is 0 Å². The van der Waals surface area contributed by atoms with E-state index in [4.69, 9.17) is 4.74 Å². The smallest absolute Gasteiger partial charge is 0.340 e. The normalized spacial score (nSPS) is 20.1. The predicted octanol–water partition coefficient (Wildman–Crippen LogP) is 4.49. The molecular formula is C27H26N4O4S. The van der Waals surface area contributed by atoms with Crippen LogP contribution < -0.4 is 0 Å². The molecule has 3 aromatic rings. The summed E-state index contributed by atoms with van der Waals surface area (Å²) in [6.07, 6.45) is 1.64. The first-order valence-electron chi connectivity index (χ1n) is 11.9. The van der Waals surface area contributed by atoms with Gasteiger partial charge in [-0.25, -0.2) is 9.78 Å². The third kappa shape index (κ3) is 3.77. The summed E-state index contributed by atoms with van der Waals surface area (Å²) in [5, 5.41) is 9.52. The van der Waals surface area contributed by atoms with Crippen LogP contribution >= 0.6 is 11.3 Å². The number of piperidine rings is 1. The first kappa shape index (κ1) is 24.1. The van der Waals surface area contributed by atoms with Crippen molar-refractivity contribution in [2.24, 2.45) is 23.2 Å². The number of amides is 2. The van der Waals surface area contributed by atoms with Crippen LogP contribution in [-0.4, -0.2) is 39.3 Å². The second kappa shape index (κ2) is 8.49. The molecule has 5 rings (SSSR count). The lowest BCUT2D eigenvalue weighted by Crippen LogP contribution is -2.35. The number of imide groups is 1. The Morgan fingerprint density at radius 1 is 1.22 bits per heavy atom. The number of hydrogen-bond donors (Lipinski definition) is 0. The summed E-state index contributed by atoms with van der Waals surface area (Å²) >= 11 is 1.42. The van der Waals surface area contributed by atoms with Crippen molar-refractivity contribution in [1.82, 2.24) is 14.9 Å². The molecule has 0 bridgehead atoms. The molecule has 2 amide bonds. The third-order valence-corrected chi connectivity index (χ3v) is 8.17. The predicted molar refractivity (Wildman–Crippen MR) is 134 cm³/mol. The molecule has 2 atom stereocenters. The molecule has 0 N–H and O–H groups in total. The van der Waals surface area contributed by atoms with E-state index in [1.807, 2.05) is 33.8 Å². The van der Waals surface area contributed by atoms with Gasteiger partial charge in [0.15, 0.2) is 0 Å². The number of fused-ring (bicyclic) bond motifs is 2. The van der Waals surface area contributed by atoms with Gasteiger partial charge in [-0.15, -0.1) is 11.3 Å². The van der Waals surface area contributed by atoms with Crippen molar-refractivity contribution < 1.29 is 19.1 Å². The van der Waals surface area contributed by atoms with E-state index in [2.05, 4.69) is 16.0 Å². The quantitative estimate of drug-likeness (QED) is 0.360. The maximum Gasteiger partial charge on any atom is 0.340 e. The number of nitrogens with zero attached hydrogens (tertiary/aromatic N) is 4. The first-order chi connectivity index (χ1) is 17.0. The lowest BCUT2D eigenvalue weighted by Gasteiger charge is -2.19. The molecule has 0 aromatic carbocycles. The first-order valence-corrected chi connectivity index (χ1v) is 12.7. The number of likely N-dealkylation sites (tertiary alicyclic amines) is 1. The van der Waals surface area contributed by atoms with Crippen LogP contribution in [0.2, 0.25) is 0 Å². The van der Waals surface area contributed by atoms with Crippen LogP contribution in [0.15, 0.2) is 24.4 Å². The number of thiophene rings is 1. The molecule has 9 heteroatoms. The minimum Gasteiger partial charge on any atom is -0.462 e. The van der Waals surface area contributed by atoms with Gasteiger partial charge in [-0.3, -0.25) is 19.5 Å². The summed E-state index contributed by atoms with van der Waals surface area (Å²) in [6.45, 7) is 9.98. The SMILES string of the molecule is Cc1nc(C#N)cc(-c2ccnc3cc(CN4C(=O)C5C(C4=O)C5(C)C)sc23)c1C(=O)OCC(C)C. The highest BCUT2D eigenvalue weighted by Gasteiger charge is 2.72. The largest absolute Gasteiger partial charge is 0.462 e. The molecule has 2 unspecified atom stereocenters. The number of carbonyl (C=O) groups excluding carboxylic acids is 3. The van der Waals surface area contributed by atoms with Crippen molar-refractivity contribution in [1.29, 1.82) is 5.26 Å². The molecular weight excluding hydrogens is 476 g/mol. The molecule has 8 nitrogen and oxygen atoms in total. The second-order valence-corrected chi connectivity index (χ2v) is 11.6. The molecule has 2 fully saturated rings. The van der Waals surface area contributed by atoms with Crippen molar-refractivity contribution in [2.45, 2.75) is 41.2 Å². The fraction of sp³-hybridized carbons (Fsp3) is 0.407. The molecule has 1 aliphatic heterocycles. The molecule has 0 radical (unpaired) electrons. The number of hydrogen-bond acceptors (Lipinski definition) is 8. The highest BCUT2D eigenvalue weighted by Crippen LogP contribution is 2.63. The van der Waals surface area contributed by atoms with Crippen molar-refractivity contribution in [3.05, 3.63) is 46.2 Å². The van der Waals surface area contributed by atoms with Gasteiger partial charge in [-0.2, -0.15) is 5.26 Å². The highest BCUT2D eigenvalue weighted by atomic mass is 32.1. The summed E-state index contributed by atoms with van der Waals surface area (Å²) in [4.78, 5) is 49.6. The standard InChI is InChI=1S/C27H26N4O4S/c1-13(2)12-35-26(34)20-14(3)30-15(10-28)8-18(20)17-6-7-29-19-9-16(36-23(17)19)11-31-24(32)21-22(25(31)33)27(21,4)5/h6-9,13,21-22H,11-12H2,1-5H3. The van der Waals surface area contributed by atoms with E-state index in [0.29, 0.717) is 22.3 Å². The van der Waals surface area contributed by atoms with Crippen molar-refractivity contribution >= 4 is 39.3 Å². The van der Waals surface area contributed by atoms with Gasteiger partial charge in [-0.05, 0) is 36.5 Å². The number of carbonyl (C=O) groups is 3. The number of esters is 1. The van der Waals surface area contributed by atoms with E-state index < -0.39 is 5.97 Å². The van der Waals surface area contributed by atoms with Gasteiger partial charge in [0.2, 0.25) is 11.8 Å². The summed E-state index contributed by atoms with van der Waals surface area (Å²) < 4.78 is 6.31. The zero-order valence-electron chi connectivity index (χ0n) is 20.8. The number of pyridine rings is 2. The van der Waals surface area contributed by atoms with Gasteiger partial charge < -0.3 is 4.74 Å². The second-order valence-electron chi connectivity index (χ2n) is 10.4. The van der Waals surface area contributed by atoms with Gasteiger partial charge in [0.25, 0.3) is 0 Å². The monoisotopic (exact) mass is 502 g/mol. The molecule has 1 saturated carbocycles. The summed E-state index contributed by atoms with van der Waals surface area (Å²) in [5.74, 6) is -0.999. The van der Waals surface area contributed by atoms with Gasteiger partial charge in [0, 0.05) is 22.2 Å². The van der Waals surface area contributed by atoms with Gasteiger partial charge in [-0.1, -0.05) is 27.7 Å². The Bertz CT molecular complexity index is 1460. The Kier molecular flexibility index (Phi) is 5.67. The molecule has 4 heterocycles. The van der Waals surface area contributed by atoms with Crippen LogP contribution in [0, 0.1) is 41.4 Å². The number of aromatic nitrogens is 2. The van der Waals surface area contributed by atoms with Crippen molar-refractivity contribution in [2.75, 3.05) is 6.61 Å². The zero-order valence-corrected chi connectivity index (χ0v) is 21.6. The highest BCUT2D eigenvalue weighted by molar-refractivity contribution is 7.19. The molecule has 36 heavy (non-hydrogen) atoms. The van der Waals surface area contributed by atoms with Crippen LogP contribution in [0.3, 0.4) is 0 Å². The fourth-order valence-corrected chi connectivity index (χ4v) is 6.24. The molecule has 0 spiro atoms. The topological polar surface area (TPSA) is 113 Å². The van der Waals surface area contributed by atoms with E-state index >= 15 is 0 Å². The average Bonchev–Trinajstić information content (AvgIpc) is 3.07. The number of nitriles is 1. The van der Waals surface area contributed by atoms with Crippen molar-refractivity contribution in [3.63, 3.8) is 0 Å². The summed E-state index contributed by atoms with van der Waals surface area (Å²) in [6, 6.07) is 7.32. The van der Waals surface area contributed by atoms with E-state index in [1.165, 1.54) is 16.2 Å². The Labute approximate surface area is 212 Å². The molecule has 184 valence electrons. The van der Waals surface area contributed by atoms with E-state index in [9.17, 15) is 19.6 Å². The van der Waals surface area contributed by atoms with Gasteiger partial charge in [0.1, 0.15) is 11.8 Å². The zero-order chi connectivity index (χ0) is 25.9. The Morgan fingerprint density at radius 2 is 1.92 bits per heavy atom. The molecule has 1 aliphatic carbocycles. The molecule has 2 aliphatic rings. The Balaban J connectivity index is 1.54. The van der Waals surface area contributed by atoms with Gasteiger partial charge in [0.05, 0.1) is 46.5 Å². The maximum atomic E-state index is 13.1. The molecule has 3 aromatic heterocycles. The van der Waals surface area contributed by atoms with Crippen LogP contribution in [0.5, 0.6) is 0 Å². The van der Waals surface area contributed by atoms with Crippen LogP contribution in [0.25, 0.3) is 21.3 Å². The van der Waals surface area contributed by atoms with Crippen LogP contribution in [0.1, 0.15) is 54.3 Å². The number of rotatable bonds is 6. The average molecular weight is 503 g/mol. The van der Waals surface area contributed by atoms with E-state index in [1.54, 1.807) is 25.3 Å². The fourth-order valence-electron chi connectivity index (χ4n) is 5.11. The lowest BCUT2D eigenvalue weighted by molar-refractivity contribution is -0.143. The van der Waals surface area contributed by atoms with Crippen molar-refractivity contribution in [3.8, 4) is 17.2 Å². The maximum absolute atomic E-state index is 13.1. The third-order valence-electron chi connectivity index (χ3n) is 7.03. The minimum atomic E-state index is -0.495. The lowest BCUT2D eigenvalue weighted by atomic mass is 9.98. The van der Waals surface area contributed by atoms with Crippen LogP contribution in [-0.2, 0) is 20.9 Å². The minimum absolute atomic E-state index is 0.112. The Hall–Kier alpha value is -3.64. The number of ether oxygens (including phenoxy) is 1. The summed E-state index contributed by atoms with van der Waals surface area (Å²) in [5.41, 5.74) is 2.62. The van der Waals surface area contributed by atoms with E-state index in [-0.39, 0.29) is 53.8 Å². The molecule has 1 saturated heterocycles. The Morgan fingerprint density at radius 3 is 2.56 bits per heavy atom. The summed E-state index contributed by atoms with van der Waals surface area (Å²) in [7, 11) is 0. The van der Waals surface area contributed by atoms with Gasteiger partial charge >= 0.3 is 5.97 Å². The number of aryl methyl sites for hydroxylation is 1. The van der Waals surface area contributed by atoms with E-state index in [0.717, 1.165) is 15.1 Å².